The van der Waals surface area contributed by atoms with E-state index in [1.807, 2.05) is 191 Å². The SMILES string of the molecule is CN1C=CN(c2[c-]cc(-c3ccc4c(c3)S(=O)(=O)c3ccccc3-4)cc2)[CH-]1.CN1[CH-]N(c2[c-]cc(-c3ccc4c(c3)C3(c5ccccc5-c5ccccc53)c3ccccc3-4)cc2)c2ccccc21.CN1[CH-]N(c2[c-]cc(-c3ccc4c5ccccc5n(C(C)(C)C)c4c3)cc2)c2ccccc21.Cc1cc(-c2[c-]cccc2)[n-]n1.Cc1cc(-c2[c-]cccc2)[n-]n1.Cc1n[n-]c(-c2[c-]cccc2)c1C.[Pt+4].[Pt+4].[Pt+4]. The molecule has 0 amide bonds. The van der Waals surface area contributed by atoms with Crippen LogP contribution >= 0.6 is 0 Å². The van der Waals surface area contributed by atoms with Gasteiger partial charge in [0.15, 0.2) is 0 Å². The van der Waals surface area contributed by atoms with E-state index in [0.29, 0.717) is 9.79 Å². The van der Waals surface area contributed by atoms with Gasteiger partial charge in [0, 0.05) is 78.3 Å². The maximum absolute atomic E-state index is 12.9. The molecule has 0 radical (unpaired) electrons. The van der Waals surface area contributed by atoms with Gasteiger partial charge in [-0.1, -0.05) is 210 Å². The van der Waals surface area contributed by atoms with E-state index in [0.717, 1.165) is 95.7 Å². The minimum atomic E-state index is -3.46. The maximum atomic E-state index is 12.9. The van der Waals surface area contributed by atoms with Crippen LogP contribution in [0.15, 0.2) is 386 Å². The zero-order chi connectivity index (χ0) is 94.5. The van der Waals surface area contributed by atoms with Crippen molar-refractivity contribution in [2.24, 2.45) is 0 Å². The standard InChI is InChI=1S/C39H26N2.C30H27N3.C22H16N2O2S.C11H10N2.2C10H8N2.3Pt/c1-40-25-41(38-17-9-8-16-37(38)40)28-21-18-26(19-22-28)27-20-23-32-31-12-4-7-15-35(31)39(36(32)24-27)33-13-5-2-10-29(33)30-11-3-6-14-34(30)39;1-30(2,3)33-26-10-6-5-9-24(26)25-18-15-22(19-29(25)33)21-13-16-23(17-14-21)32-20-31(4)27-11-7-8-12-28(27)32;1-23-12-13-24(15-23)18-9-6-16(7-10-18)17-8-11-20-19-4-2-3-5-21(19)27(25,26)22(20)14-17;1-8-9(2)12-13-11(8)10-6-4-3-5-7-10;2*1-8-7-10(12-11-8)9-5-3-2-4-6-9;;;/h2-21,23-25H,1H3;5-16,18-20H,1-4H3;2-9,11-15H,1H3;3-6H,1-2H3;2*2-5,7H,1H3;;;/q6*-2;3*+4. The summed E-state index contributed by atoms with van der Waals surface area (Å²) < 4.78 is 28.2. The van der Waals surface area contributed by atoms with Crippen LogP contribution in [0.2, 0.25) is 0 Å². The van der Waals surface area contributed by atoms with E-state index >= 15 is 0 Å². The quantitative estimate of drug-likeness (QED) is 0.127. The third-order valence-corrected chi connectivity index (χ3v) is 28.0. The minimum absolute atomic E-state index is 0. The molecule has 0 atom stereocenters. The van der Waals surface area contributed by atoms with Gasteiger partial charge < -0.3 is 64.6 Å². The van der Waals surface area contributed by atoms with Gasteiger partial charge in [-0.05, 0) is 175 Å². The molecule has 4 aromatic heterocycles. The summed E-state index contributed by atoms with van der Waals surface area (Å²) in [6.07, 6.45) is 3.93. The van der Waals surface area contributed by atoms with Crippen molar-refractivity contribution >= 4 is 71.5 Å². The zero-order valence-electron chi connectivity index (χ0n) is 79.0. The molecule has 0 fully saturated rings. The monoisotopic (exact) mass is 2390 g/mol. The number of hydrogen-bond donors (Lipinski definition) is 0. The third-order valence-electron chi connectivity index (χ3n) is 26.1. The Morgan fingerprint density at radius 1 is 0.348 bits per heavy atom. The molecule has 8 heterocycles. The van der Waals surface area contributed by atoms with Crippen molar-refractivity contribution in [2.75, 3.05) is 45.6 Å². The van der Waals surface area contributed by atoms with Crippen molar-refractivity contribution < 1.29 is 71.6 Å². The molecule has 15 nitrogen and oxygen atoms in total. The molecule has 2 aliphatic carbocycles. The number of anilines is 7. The number of rotatable bonds is 9. The molecule has 20 aromatic rings. The molecular formula is C122H95N13O2Pt3S. The molecule has 0 saturated heterocycles. The van der Waals surface area contributed by atoms with E-state index in [2.05, 4.69) is 358 Å². The summed E-state index contributed by atoms with van der Waals surface area (Å²) in [5, 5.41) is 26.6. The van der Waals surface area contributed by atoms with Crippen molar-refractivity contribution in [3.05, 3.63) is 478 Å². The van der Waals surface area contributed by atoms with Gasteiger partial charge in [-0.3, -0.25) is 0 Å². The fraction of sp³-hybridized carbons (Fsp3) is 0.0984. The van der Waals surface area contributed by atoms with Gasteiger partial charge in [-0.2, -0.15) is 91.3 Å². The van der Waals surface area contributed by atoms with E-state index in [1.54, 1.807) is 18.2 Å². The Bertz CT molecular complexity index is 7930. The summed E-state index contributed by atoms with van der Waals surface area (Å²) in [5.74, 6) is 0. The molecule has 26 rings (SSSR count). The van der Waals surface area contributed by atoms with Crippen molar-refractivity contribution in [1.82, 2.24) is 40.1 Å². The molecule has 19 heteroatoms. The van der Waals surface area contributed by atoms with Crippen LogP contribution in [0, 0.1) is 84.1 Å². The largest absolute Gasteiger partial charge is 4.00 e. The Kier molecular flexibility index (Phi) is 28.0. The van der Waals surface area contributed by atoms with E-state index in [1.165, 1.54) is 111 Å². The summed E-state index contributed by atoms with van der Waals surface area (Å²) in [6.45, 7) is 20.9. The molecule has 0 N–H and O–H groups in total. The molecule has 1 spiro atoms. The van der Waals surface area contributed by atoms with Gasteiger partial charge in [0.1, 0.15) is 0 Å². The molecule has 696 valence electrons. The van der Waals surface area contributed by atoms with Crippen LogP contribution in [-0.2, 0) is 84.0 Å². The first-order valence-corrected chi connectivity index (χ1v) is 47.5. The predicted molar refractivity (Wildman–Crippen MR) is 558 cm³/mol. The first kappa shape index (κ1) is 96.8. The number of aryl methyl sites for hydroxylation is 3. The fourth-order valence-corrected chi connectivity index (χ4v) is 21.2. The first-order valence-electron chi connectivity index (χ1n) is 46.0. The van der Waals surface area contributed by atoms with Crippen LogP contribution in [-0.4, -0.2) is 54.3 Å². The van der Waals surface area contributed by atoms with Crippen molar-refractivity contribution in [2.45, 2.75) is 69.2 Å². The molecular weight excluding hydrogens is 2300 g/mol. The average Bonchev–Trinajstić information content (AvgIpc) is 1.50. The van der Waals surface area contributed by atoms with Gasteiger partial charge >= 0.3 is 63.2 Å². The second-order valence-electron chi connectivity index (χ2n) is 36.0. The zero-order valence-corrected chi connectivity index (χ0v) is 86.6. The summed E-state index contributed by atoms with van der Waals surface area (Å²) in [7, 11) is 2.67. The second kappa shape index (κ2) is 40.7. The summed E-state index contributed by atoms with van der Waals surface area (Å²) in [4.78, 5) is 13.4. The van der Waals surface area contributed by atoms with Gasteiger partial charge in [-0.25, -0.2) is 25.5 Å². The van der Waals surface area contributed by atoms with E-state index in [9.17, 15) is 8.42 Å². The Labute approximate surface area is 868 Å². The molecule has 0 saturated carbocycles. The maximum Gasteiger partial charge on any atom is 4.00 e. The summed E-state index contributed by atoms with van der Waals surface area (Å²) >= 11 is 0. The summed E-state index contributed by atoms with van der Waals surface area (Å²) in [6, 6.07) is 145. The fourth-order valence-electron chi connectivity index (χ4n) is 19.5. The van der Waals surface area contributed by atoms with Gasteiger partial charge in [0.25, 0.3) is 0 Å². The Morgan fingerprint density at radius 3 is 1.23 bits per heavy atom. The van der Waals surface area contributed by atoms with Crippen LogP contribution in [0.25, 0.3) is 122 Å². The third kappa shape index (κ3) is 18.5. The van der Waals surface area contributed by atoms with Crippen molar-refractivity contribution in [3.8, 4) is 101 Å². The molecule has 141 heavy (non-hydrogen) atoms. The number of nitrogens with zero attached hydrogens (tertiary/aromatic N) is 13. The van der Waals surface area contributed by atoms with Gasteiger partial charge in [0.2, 0.25) is 9.84 Å². The molecule has 0 unspecified atom stereocenters. The van der Waals surface area contributed by atoms with Crippen molar-refractivity contribution in [3.63, 3.8) is 0 Å². The van der Waals surface area contributed by atoms with Crippen LogP contribution in [0.3, 0.4) is 0 Å². The minimum Gasteiger partial charge on any atom is -0.619 e. The first-order chi connectivity index (χ1) is 67.2. The number of fused-ring (bicyclic) bond motifs is 18. The summed E-state index contributed by atoms with van der Waals surface area (Å²) in [5.41, 5.74) is 38.7. The Morgan fingerprint density at radius 2 is 0.766 bits per heavy atom. The number of benzene rings is 16. The van der Waals surface area contributed by atoms with Crippen LogP contribution in [0.4, 0.5) is 39.8 Å². The number of sulfone groups is 1. The molecule has 16 aromatic carbocycles. The molecule has 4 aliphatic heterocycles. The van der Waals surface area contributed by atoms with E-state index in [-0.39, 0.29) is 74.1 Å². The van der Waals surface area contributed by atoms with Crippen LogP contribution in [0.5, 0.6) is 0 Å². The van der Waals surface area contributed by atoms with Gasteiger partial charge in [0.05, 0.1) is 15.2 Å². The van der Waals surface area contributed by atoms with Crippen LogP contribution in [0.1, 0.15) is 65.7 Å². The molecule has 0 bridgehead atoms. The van der Waals surface area contributed by atoms with Crippen LogP contribution < -0.4 is 39.8 Å². The second-order valence-corrected chi connectivity index (χ2v) is 37.9. The van der Waals surface area contributed by atoms with Crippen molar-refractivity contribution in [1.29, 1.82) is 0 Å². The number of para-hydroxylation sites is 5. The smallest absolute Gasteiger partial charge is 0.619 e. The number of hydrogen-bond acceptors (Lipinski definition) is 11. The van der Waals surface area contributed by atoms with Gasteiger partial charge in [-0.15, -0.1) is 143 Å². The van der Waals surface area contributed by atoms with E-state index in [4.69, 9.17) is 0 Å². The Hall–Kier alpha value is -14.5. The predicted octanol–water partition coefficient (Wildman–Crippen LogP) is 27.0. The number of aromatic nitrogens is 7. The van der Waals surface area contributed by atoms with E-state index < -0.39 is 9.84 Å². The topological polar surface area (TPSA) is 139 Å². The average molecular weight is 2390 g/mol. The molecule has 6 aliphatic rings. The Balaban J connectivity index is 0.000000118. The normalized spacial score (nSPS) is 13.4.